The first-order valence-corrected chi connectivity index (χ1v) is 12.4. The van der Waals surface area contributed by atoms with Gasteiger partial charge in [-0.05, 0) is 60.0 Å². The van der Waals surface area contributed by atoms with Crippen molar-refractivity contribution in [1.82, 2.24) is 9.80 Å². The zero-order chi connectivity index (χ0) is 27.8. The average molecular weight is 530 g/mol. The minimum Gasteiger partial charge on any atom is -0.497 e. The molecule has 0 radical (unpaired) electrons. The summed E-state index contributed by atoms with van der Waals surface area (Å²) in [6, 6.07) is 15.7. The van der Waals surface area contributed by atoms with Crippen molar-refractivity contribution in [3.63, 3.8) is 0 Å². The number of piperazine rings is 1. The van der Waals surface area contributed by atoms with Gasteiger partial charge >= 0.3 is 0 Å². The van der Waals surface area contributed by atoms with E-state index >= 15 is 0 Å². The summed E-state index contributed by atoms with van der Waals surface area (Å²) in [5, 5.41) is 9.61. The van der Waals surface area contributed by atoms with Crippen molar-refractivity contribution in [2.24, 2.45) is 0 Å². The number of aliphatic hydroxyl groups is 1. The smallest absolute Gasteiger partial charge is 0.255 e. The zero-order valence-electron chi connectivity index (χ0n) is 22.1. The molecule has 0 bridgehead atoms. The summed E-state index contributed by atoms with van der Waals surface area (Å²) in [7, 11) is 5.00. The maximum absolute atomic E-state index is 13.4. The Morgan fingerprint density at radius 3 is 2.29 bits per heavy atom. The van der Waals surface area contributed by atoms with Crippen LogP contribution in [-0.2, 0) is 6.42 Å². The van der Waals surface area contributed by atoms with Crippen LogP contribution in [0.4, 0.5) is 18.9 Å². The number of aryl methyl sites for hydroxylation is 1. The lowest BCUT2D eigenvalue weighted by molar-refractivity contribution is 0.0820. The maximum atomic E-state index is 13.4. The van der Waals surface area contributed by atoms with Gasteiger partial charge in [-0.1, -0.05) is 25.1 Å². The van der Waals surface area contributed by atoms with Gasteiger partial charge in [0.1, 0.15) is 11.6 Å². The third-order valence-corrected chi connectivity index (χ3v) is 6.46. The first kappa shape index (κ1) is 29.0. The second-order valence-corrected chi connectivity index (χ2v) is 9.16. The molecular weight excluding hydrogens is 495 g/mol. The number of anilines is 1. The Labute approximate surface area is 221 Å². The maximum Gasteiger partial charge on any atom is 0.255 e. The fraction of sp³-hybridized carbons (Fsp3) is 0.345. The Hall–Kier alpha value is -3.56. The van der Waals surface area contributed by atoms with Gasteiger partial charge in [0.15, 0.2) is 11.6 Å². The van der Waals surface area contributed by atoms with Crippen molar-refractivity contribution in [3.8, 4) is 5.75 Å². The van der Waals surface area contributed by atoms with Gasteiger partial charge in [0, 0.05) is 33.7 Å². The normalized spacial score (nSPS) is 15.5. The zero-order valence-corrected chi connectivity index (χ0v) is 22.1. The summed E-state index contributed by atoms with van der Waals surface area (Å²) in [6.07, 6.45) is 0.733. The van der Waals surface area contributed by atoms with E-state index in [1.807, 2.05) is 24.0 Å². The Balaban J connectivity index is 0.000000336. The van der Waals surface area contributed by atoms with E-state index in [0.29, 0.717) is 30.9 Å². The van der Waals surface area contributed by atoms with Crippen molar-refractivity contribution in [2.75, 3.05) is 52.5 Å². The highest BCUT2D eigenvalue weighted by atomic mass is 19.2. The summed E-state index contributed by atoms with van der Waals surface area (Å²) in [4.78, 5) is 18.4. The van der Waals surface area contributed by atoms with Crippen molar-refractivity contribution in [3.05, 3.63) is 94.8 Å². The number of halogens is 3. The summed E-state index contributed by atoms with van der Waals surface area (Å²) < 4.78 is 43.4. The van der Waals surface area contributed by atoms with Gasteiger partial charge in [0.2, 0.25) is 0 Å². The number of rotatable bonds is 6. The van der Waals surface area contributed by atoms with Gasteiger partial charge in [-0.2, -0.15) is 0 Å². The average Bonchev–Trinajstić information content (AvgIpc) is 2.94. The van der Waals surface area contributed by atoms with Crippen molar-refractivity contribution in [2.45, 2.75) is 19.4 Å². The highest BCUT2D eigenvalue weighted by Gasteiger charge is 2.31. The number of benzene rings is 3. The number of nitrogens with zero attached hydrogens (tertiary/aromatic N) is 3. The van der Waals surface area contributed by atoms with E-state index in [-0.39, 0.29) is 24.5 Å². The highest BCUT2D eigenvalue weighted by molar-refractivity contribution is 6.00. The minimum absolute atomic E-state index is 0.0440. The van der Waals surface area contributed by atoms with Crippen LogP contribution in [0.3, 0.4) is 0 Å². The first-order chi connectivity index (χ1) is 18.2. The summed E-state index contributed by atoms with van der Waals surface area (Å²) in [6.45, 7) is 3.71. The first-order valence-electron chi connectivity index (χ1n) is 12.4. The lowest BCUT2D eigenvalue weighted by Gasteiger charge is -2.43. The molecule has 1 amide bonds. The topological polar surface area (TPSA) is 56.2 Å². The van der Waals surface area contributed by atoms with E-state index < -0.39 is 11.6 Å². The number of hydrogen-bond acceptors (Lipinski definition) is 5. The third-order valence-electron chi connectivity index (χ3n) is 6.46. The van der Waals surface area contributed by atoms with Crippen LogP contribution in [0.5, 0.6) is 5.75 Å². The number of carbonyl (C=O) groups excluding carboxylic acids is 1. The second-order valence-electron chi connectivity index (χ2n) is 9.16. The van der Waals surface area contributed by atoms with Gasteiger partial charge in [-0.25, -0.2) is 13.2 Å². The Kier molecular flexibility index (Phi) is 10.2. The number of carbonyl (C=O) groups is 1. The molecule has 3 aromatic carbocycles. The molecule has 204 valence electrons. The van der Waals surface area contributed by atoms with Crippen molar-refractivity contribution < 1.29 is 27.8 Å². The fourth-order valence-electron chi connectivity index (χ4n) is 4.29. The molecule has 6 nitrogen and oxygen atoms in total. The molecule has 0 saturated carbocycles. The van der Waals surface area contributed by atoms with E-state index in [1.165, 1.54) is 23.1 Å². The van der Waals surface area contributed by atoms with E-state index in [9.17, 15) is 23.1 Å². The molecule has 0 unspecified atom stereocenters. The summed E-state index contributed by atoms with van der Waals surface area (Å²) in [5.74, 6) is -1.34. The molecule has 0 aromatic heterocycles. The van der Waals surface area contributed by atoms with Gasteiger partial charge in [-0.15, -0.1) is 0 Å². The van der Waals surface area contributed by atoms with Gasteiger partial charge in [0.05, 0.1) is 31.1 Å². The van der Waals surface area contributed by atoms with E-state index in [4.69, 9.17) is 4.74 Å². The van der Waals surface area contributed by atoms with Gasteiger partial charge in [0.25, 0.3) is 5.91 Å². The molecule has 1 atom stereocenters. The molecule has 0 aliphatic carbocycles. The molecule has 0 spiro atoms. The minimum atomic E-state index is -0.780. The van der Waals surface area contributed by atoms with Crippen LogP contribution in [0.1, 0.15) is 34.5 Å². The van der Waals surface area contributed by atoms with Crippen LogP contribution in [0.25, 0.3) is 0 Å². The number of methoxy groups -OCH3 is 1. The SMILES string of the molecule is CCc1ccc(F)c(F)c1.COc1ccc(N2CCN(CO)C[C@H]2c2ccc(F)cc2)c(C(=O)N(C)C)c1. The Bertz CT molecular complexity index is 1220. The molecule has 1 heterocycles. The van der Waals surface area contributed by atoms with Crippen LogP contribution < -0.4 is 9.64 Å². The van der Waals surface area contributed by atoms with Crippen LogP contribution in [0.2, 0.25) is 0 Å². The lowest BCUT2D eigenvalue weighted by Crippen LogP contribution is -2.49. The molecule has 1 aliphatic rings. The quantitative estimate of drug-likeness (QED) is 0.494. The number of aliphatic hydroxyl groups excluding tert-OH is 1. The summed E-state index contributed by atoms with van der Waals surface area (Å²) >= 11 is 0. The molecule has 1 aliphatic heterocycles. The summed E-state index contributed by atoms with van der Waals surface area (Å²) in [5.41, 5.74) is 3.10. The molecule has 1 fully saturated rings. The predicted molar refractivity (Wildman–Crippen MR) is 142 cm³/mol. The molecule has 38 heavy (non-hydrogen) atoms. The van der Waals surface area contributed by atoms with Crippen molar-refractivity contribution >= 4 is 11.6 Å². The van der Waals surface area contributed by atoms with E-state index in [2.05, 4.69) is 4.90 Å². The third kappa shape index (κ3) is 7.05. The highest BCUT2D eigenvalue weighted by Crippen LogP contribution is 2.35. The van der Waals surface area contributed by atoms with E-state index in [1.54, 1.807) is 45.5 Å². The number of hydrogen-bond donors (Lipinski definition) is 1. The van der Waals surface area contributed by atoms with Gasteiger partial charge < -0.3 is 19.6 Å². The molecule has 1 N–H and O–H groups in total. The molecule has 4 rings (SSSR count). The standard InChI is InChI=1S/C21H26FN3O3.C8H8F2/c1-23(2)21(27)18-12-17(28-3)8-9-19(18)25-11-10-24(14-26)13-20(25)15-4-6-16(22)7-5-15;1-2-6-3-4-7(9)8(10)5-6/h4-9,12,20,26H,10-11,13-14H2,1-3H3;3-5H,2H2,1H3/t20-;/m0./s1. The van der Waals surface area contributed by atoms with Crippen LogP contribution >= 0.6 is 0 Å². The van der Waals surface area contributed by atoms with E-state index in [0.717, 1.165) is 29.3 Å². The van der Waals surface area contributed by atoms with Gasteiger partial charge in [-0.3, -0.25) is 9.69 Å². The van der Waals surface area contributed by atoms with Crippen LogP contribution in [0.15, 0.2) is 60.7 Å². The Morgan fingerprint density at radius 2 is 1.71 bits per heavy atom. The lowest BCUT2D eigenvalue weighted by atomic mass is 9.99. The largest absolute Gasteiger partial charge is 0.497 e. The second kappa shape index (κ2) is 13.3. The monoisotopic (exact) mass is 529 g/mol. The number of ether oxygens (including phenoxy) is 1. The predicted octanol–water partition coefficient (Wildman–Crippen LogP) is 4.88. The molecule has 1 saturated heterocycles. The number of amides is 1. The molecule has 9 heteroatoms. The molecular formula is C29H34F3N3O3. The fourth-order valence-corrected chi connectivity index (χ4v) is 4.29. The van der Waals surface area contributed by atoms with Crippen LogP contribution in [0, 0.1) is 17.5 Å². The van der Waals surface area contributed by atoms with Crippen molar-refractivity contribution in [1.29, 1.82) is 0 Å². The van der Waals surface area contributed by atoms with Crippen LogP contribution in [-0.4, -0.2) is 68.4 Å². The Morgan fingerprint density at radius 1 is 1.00 bits per heavy atom. The molecule has 3 aromatic rings.